The second-order valence-electron chi connectivity index (χ2n) is 5.61. The van der Waals surface area contributed by atoms with Crippen LogP contribution in [-0.2, 0) is 13.2 Å². The molecule has 1 unspecified atom stereocenters. The molecule has 3 nitrogen and oxygen atoms in total. The molecule has 0 saturated carbocycles. The molecule has 0 aliphatic heterocycles. The lowest BCUT2D eigenvalue weighted by molar-refractivity contribution is 0.270. The van der Waals surface area contributed by atoms with Crippen molar-refractivity contribution < 1.29 is 9.15 Å². The highest BCUT2D eigenvalue weighted by Gasteiger charge is 2.01. The van der Waals surface area contributed by atoms with Gasteiger partial charge in [-0.15, -0.1) is 6.58 Å². The number of nitrogens with one attached hydrogen (secondary N) is 1. The third kappa shape index (κ3) is 5.78. The second-order valence-corrected chi connectivity index (χ2v) is 5.61. The molecule has 0 aliphatic rings. The average molecular weight is 299 g/mol. The fourth-order valence-corrected chi connectivity index (χ4v) is 2.24. The van der Waals surface area contributed by atoms with Crippen LogP contribution < -0.4 is 10.1 Å². The van der Waals surface area contributed by atoms with E-state index in [1.54, 1.807) is 6.26 Å². The van der Waals surface area contributed by atoms with Crippen LogP contribution in [0.15, 0.2) is 59.7 Å². The van der Waals surface area contributed by atoms with Gasteiger partial charge in [0.2, 0.25) is 0 Å². The zero-order chi connectivity index (χ0) is 15.6. The molecule has 0 saturated heterocycles. The SMILES string of the molecule is C=CCC(C)CCNCc1ccc(OCc2ccco2)cc1. The van der Waals surface area contributed by atoms with Gasteiger partial charge in [-0.25, -0.2) is 0 Å². The zero-order valence-electron chi connectivity index (χ0n) is 13.3. The third-order valence-electron chi connectivity index (χ3n) is 3.60. The minimum absolute atomic E-state index is 0.464. The predicted molar refractivity (Wildman–Crippen MR) is 89.8 cm³/mol. The number of hydrogen-bond donors (Lipinski definition) is 1. The van der Waals surface area contributed by atoms with Gasteiger partial charge in [0.1, 0.15) is 18.1 Å². The van der Waals surface area contributed by atoms with Crippen molar-refractivity contribution in [1.29, 1.82) is 0 Å². The topological polar surface area (TPSA) is 34.4 Å². The van der Waals surface area contributed by atoms with Crippen molar-refractivity contribution in [1.82, 2.24) is 5.32 Å². The van der Waals surface area contributed by atoms with Crippen LogP contribution in [0.2, 0.25) is 0 Å². The maximum Gasteiger partial charge on any atom is 0.146 e. The van der Waals surface area contributed by atoms with Crippen LogP contribution in [0.25, 0.3) is 0 Å². The lowest BCUT2D eigenvalue weighted by atomic mass is 10.0. The number of allylic oxidation sites excluding steroid dienone is 1. The lowest BCUT2D eigenvalue weighted by Gasteiger charge is -2.10. The van der Waals surface area contributed by atoms with Crippen molar-refractivity contribution >= 4 is 0 Å². The number of benzene rings is 1. The molecule has 0 amide bonds. The number of hydrogen-bond acceptors (Lipinski definition) is 3. The van der Waals surface area contributed by atoms with Gasteiger partial charge in [0, 0.05) is 6.54 Å². The predicted octanol–water partition coefficient (Wildman–Crippen LogP) is 4.55. The molecule has 0 spiro atoms. The first-order chi connectivity index (χ1) is 10.8. The molecule has 2 rings (SSSR count). The Bertz CT molecular complexity index is 531. The standard InChI is InChI=1S/C19H25NO2/c1-3-5-16(2)11-12-20-14-17-7-9-18(10-8-17)22-15-19-6-4-13-21-19/h3-4,6-10,13,16,20H,1,5,11-12,14-15H2,2H3. The Morgan fingerprint density at radius 3 is 2.77 bits per heavy atom. The highest BCUT2D eigenvalue weighted by atomic mass is 16.5. The average Bonchev–Trinajstić information content (AvgIpc) is 3.04. The first-order valence-corrected chi connectivity index (χ1v) is 7.83. The molecule has 1 atom stereocenters. The molecule has 3 heteroatoms. The molecule has 0 aliphatic carbocycles. The van der Waals surface area contributed by atoms with Gasteiger partial charge in [0.25, 0.3) is 0 Å². The van der Waals surface area contributed by atoms with E-state index < -0.39 is 0 Å². The molecule has 1 aromatic carbocycles. The Labute approximate surface area is 133 Å². The smallest absolute Gasteiger partial charge is 0.146 e. The third-order valence-corrected chi connectivity index (χ3v) is 3.60. The van der Waals surface area contributed by atoms with Crippen LogP contribution >= 0.6 is 0 Å². The summed E-state index contributed by atoms with van der Waals surface area (Å²) in [4.78, 5) is 0. The summed E-state index contributed by atoms with van der Waals surface area (Å²) in [6, 6.07) is 12.0. The van der Waals surface area contributed by atoms with E-state index in [1.807, 2.05) is 30.3 Å². The Balaban J connectivity index is 1.67. The fraction of sp³-hybridized carbons (Fsp3) is 0.368. The summed E-state index contributed by atoms with van der Waals surface area (Å²) in [5, 5.41) is 3.47. The van der Waals surface area contributed by atoms with Crippen molar-refractivity contribution in [2.75, 3.05) is 6.54 Å². The Morgan fingerprint density at radius 2 is 2.09 bits per heavy atom. The minimum atomic E-state index is 0.464. The van der Waals surface area contributed by atoms with Gasteiger partial charge in [-0.1, -0.05) is 25.1 Å². The van der Waals surface area contributed by atoms with E-state index in [9.17, 15) is 0 Å². The largest absolute Gasteiger partial charge is 0.486 e. The van der Waals surface area contributed by atoms with E-state index in [2.05, 4.69) is 31.0 Å². The van der Waals surface area contributed by atoms with E-state index in [0.29, 0.717) is 12.5 Å². The fourth-order valence-electron chi connectivity index (χ4n) is 2.24. The molecule has 1 N–H and O–H groups in total. The summed E-state index contributed by atoms with van der Waals surface area (Å²) < 4.78 is 10.9. The summed E-state index contributed by atoms with van der Waals surface area (Å²) >= 11 is 0. The molecule has 1 heterocycles. The monoisotopic (exact) mass is 299 g/mol. The summed E-state index contributed by atoms with van der Waals surface area (Å²) in [7, 11) is 0. The number of ether oxygens (including phenoxy) is 1. The Morgan fingerprint density at radius 1 is 1.27 bits per heavy atom. The highest BCUT2D eigenvalue weighted by Crippen LogP contribution is 2.14. The van der Waals surface area contributed by atoms with E-state index in [4.69, 9.17) is 9.15 Å². The Hall–Kier alpha value is -2.00. The first kappa shape index (κ1) is 16.4. The zero-order valence-corrected chi connectivity index (χ0v) is 13.3. The first-order valence-electron chi connectivity index (χ1n) is 7.83. The molecule has 0 bridgehead atoms. The highest BCUT2D eigenvalue weighted by molar-refractivity contribution is 5.27. The van der Waals surface area contributed by atoms with Gasteiger partial charge in [-0.2, -0.15) is 0 Å². The maximum absolute atomic E-state index is 5.67. The van der Waals surface area contributed by atoms with E-state index in [0.717, 1.165) is 31.0 Å². The van der Waals surface area contributed by atoms with Crippen LogP contribution in [0.1, 0.15) is 31.1 Å². The van der Waals surface area contributed by atoms with Crippen molar-refractivity contribution in [2.24, 2.45) is 5.92 Å². The van der Waals surface area contributed by atoms with Crippen LogP contribution in [0.5, 0.6) is 5.75 Å². The molecule has 2 aromatic rings. The van der Waals surface area contributed by atoms with Gasteiger partial charge < -0.3 is 14.5 Å². The van der Waals surface area contributed by atoms with Crippen LogP contribution in [0.3, 0.4) is 0 Å². The van der Waals surface area contributed by atoms with Crippen LogP contribution in [0, 0.1) is 5.92 Å². The number of furan rings is 1. The van der Waals surface area contributed by atoms with Crippen molar-refractivity contribution in [3.05, 3.63) is 66.6 Å². The quantitative estimate of drug-likeness (QED) is 0.516. The van der Waals surface area contributed by atoms with Gasteiger partial charge >= 0.3 is 0 Å². The van der Waals surface area contributed by atoms with E-state index >= 15 is 0 Å². The molecule has 0 radical (unpaired) electrons. The van der Waals surface area contributed by atoms with Gasteiger partial charge in [0.05, 0.1) is 6.26 Å². The summed E-state index contributed by atoms with van der Waals surface area (Å²) in [5.41, 5.74) is 1.27. The van der Waals surface area contributed by atoms with E-state index in [1.165, 1.54) is 12.0 Å². The van der Waals surface area contributed by atoms with Gasteiger partial charge in [-0.05, 0) is 55.1 Å². The number of rotatable bonds is 10. The minimum Gasteiger partial charge on any atom is -0.486 e. The van der Waals surface area contributed by atoms with Crippen molar-refractivity contribution in [3.8, 4) is 5.75 Å². The normalized spacial score (nSPS) is 12.0. The van der Waals surface area contributed by atoms with Crippen molar-refractivity contribution in [3.63, 3.8) is 0 Å². The summed E-state index contributed by atoms with van der Waals surface area (Å²) in [5.74, 6) is 2.39. The molecule has 1 aromatic heterocycles. The molecule has 22 heavy (non-hydrogen) atoms. The molecular formula is C19H25NO2. The molecule has 0 fully saturated rings. The van der Waals surface area contributed by atoms with E-state index in [-0.39, 0.29) is 0 Å². The van der Waals surface area contributed by atoms with Gasteiger partial charge in [-0.3, -0.25) is 0 Å². The van der Waals surface area contributed by atoms with Crippen molar-refractivity contribution in [2.45, 2.75) is 32.9 Å². The second kappa shape index (κ2) is 9.11. The molecular weight excluding hydrogens is 274 g/mol. The summed E-state index contributed by atoms with van der Waals surface area (Å²) in [6.45, 7) is 8.42. The van der Waals surface area contributed by atoms with Gasteiger partial charge in [0.15, 0.2) is 0 Å². The van der Waals surface area contributed by atoms with Crippen LogP contribution in [-0.4, -0.2) is 6.54 Å². The Kier molecular flexibility index (Phi) is 6.78. The summed E-state index contributed by atoms with van der Waals surface area (Å²) in [6.07, 6.45) is 5.91. The van der Waals surface area contributed by atoms with Crippen LogP contribution in [0.4, 0.5) is 0 Å². The molecule has 118 valence electrons. The lowest BCUT2D eigenvalue weighted by Crippen LogP contribution is -2.16. The maximum atomic E-state index is 5.67.